The van der Waals surface area contributed by atoms with Crippen molar-refractivity contribution in [1.82, 2.24) is 0 Å². The lowest BCUT2D eigenvalue weighted by Gasteiger charge is -2.33. The van der Waals surface area contributed by atoms with Crippen molar-refractivity contribution in [1.29, 1.82) is 0 Å². The van der Waals surface area contributed by atoms with Crippen molar-refractivity contribution in [3.05, 3.63) is 57.6 Å². The van der Waals surface area contributed by atoms with Gasteiger partial charge in [0.25, 0.3) is 0 Å². The summed E-state index contributed by atoms with van der Waals surface area (Å²) in [4.78, 5) is 13.0. The van der Waals surface area contributed by atoms with Crippen LogP contribution in [-0.2, 0) is 12.8 Å². The lowest BCUT2D eigenvalue weighted by Crippen LogP contribution is -2.31. The summed E-state index contributed by atoms with van der Waals surface area (Å²) in [6.07, 6.45) is -2.60. The third-order valence-electron chi connectivity index (χ3n) is 6.84. The number of aromatic hydroxyl groups is 6. The summed E-state index contributed by atoms with van der Waals surface area (Å²) in [6, 6.07) is 4.98. The topological polar surface area (TPSA) is 177 Å². The van der Waals surface area contributed by atoms with Crippen LogP contribution in [0.1, 0.15) is 58.1 Å². The zero-order valence-corrected chi connectivity index (χ0v) is 21.3. The minimum Gasteiger partial charge on any atom is -0.507 e. The van der Waals surface area contributed by atoms with E-state index in [-0.39, 0.29) is 69.4 Å². The Bertz CT molecular complexity index is 1430. The van der Waals surface area contributed by atoms with Crippen molar-refractivity contribution >= 4 is 5.78 Å². The highest BCUT2D eigenvalue weighted by atomic mass is 16.5. The molecule has 0 fully saturated rings. The SMILES string of the molecule is COc1c(C)c(O)c(Cc2c(O)cc(O)c3c2OC(c2ccc(O)c(O)c2)C(O)C3)c(O)c1C(=O)C(C)C. The normalized spacial score (nSPS) is 16.7. The Labute approximate surface area is 218 Å². The monoisotopic (exact) mass is 526 g/mol. The molecule has 2 atom stereocenters. The molecule has 7 N–H and O–H groups in total. The van der Waals surface area contributed by atoms with Gasteiger partial charge in [-0.25, -0.2) is 0 Å². The third kappa shape index (κ3) is 4.37. The molecule has 1 aliphatic heterocycles. The molecule has 0 amide bonds. The fourth-order valence-corrected chi connectivity index (χ4v) is 4.77. The van der Waals surface area contributed by atoms with E-state index in [1.54, 1.807) is 13.8 Å². The Morgan fingerprint density at radius 1 is 0.974 bits per heavy atom. The lowest BCUT2D eigenvalue weighted by molar-refractivity contribution is 0.0190. The van der Waals surface area contributed by atoms with E-state index in [0.29, 0.717) is 5.56 Å². The molecule has 0 spiro atoms. The summed E-state index contributed by atoms with van der Waals surface area (Å²) in [6.45, 7) is 4.85. The number of benzene rings is 3. The van der Waals surface area contributed by atoms with E-state index < -0.39 is 41.2 Å². The van der Waals surface area contributed by atoms with Crippen LogP contribution in [0.25, 0.3) is 0 Å². The molecule has 10 heteroatoms. The minimum absolute atomic E-state index is 0.00868. The van der Waals surface area contributed by atoms with Gasteiger partial charge in [-0.15, -0.1) is 0 Å². The molecule has 0 saturated carbocycles. The number of hydrogen-bond donors (Lipinski definition) is 7. The standard InChI is InChI=1S/C28H30O10/c1-11(2)23(34)22-25(36)16(24(35)12(3)26(22)37-4)8-14-18(30)10-19(31)15-9-21(33)27(38-28(14)15)13-5-6-17(29)20(32)7-13/h5-7,10-11,21,27,29-33,35-36H,8-9H2,1-4H3. The Morgan fingerprint density at radius 2 is 1.66 bits per heavy atom. The maximum absolute atomic E-state index is 13.0. The average molecular weight is 527 g/mol. The van der Waals surface area contributed by atoms with Crippen LogP contribution in [0.5, 0.6) is 46.0 Å². The Morgan fingerprint density at radius 3 is 2.26 bits per heavy atom. The molecule has 1 heterocycles. The van der Waals surface area contributed by atoms with Gasteiger partial charge in [-0.05, 0) is 24.6 Å². The molecule has 0 bridgehead atoms. The number of carbonyl (C=O) groups excluding carboxylic acids is 1. The highest BCUT2D eigenvalue weighted by Crippen LogP contribution is 2.50. The van der Waals surface area contributed by atoms with Crippen molar-refractivity contribution in [3.63, 3.8) is 0 Å². The van der Waals surface area contributed by atoms with Crippen molar-refractivity contribution in [2.75, 3.05) is 7.11 Å². The molecule has 0 saturated heterocycles. The highest BCUT2D eigenvalue weighted by molar-refractivity contribution is 6.03. The molecule has 0 aromatic heterocycles. The first kappa shape index (κ1) is 26.7. The van der Waals surface area contributed by atoms with Gasteiger partial charge in [0.2, 0.25) is 0 Å². The van der Waals surface area contributed by atoms with Gasteiger partial charge in [0.05, 0.1) is 13.2 Å². The van der Waals surface area contributed by atoms with Gasteiger partial charge in [-0.3, -0.25) is 4.79 Å². The van der Waals surface area contributed by atoms with E-state index in [1.807, 2.05) is 0 Å². The number of Topliss-reactive ketones (excluding diaryl/α,β-unsaturated/α-hetero) is 1. The quantitative estimate of drug-likeness (QED) is 0.185. The molecule has 202 valence electrons. The molecular weight excluding hydrogens is 496 g/mol. The van der Waals surface area contributed by atoms with E-state index >= 15 is 0 Å². The number of phenols is 6. The number of hydrogen-bond acceptors (Lipinski definition) is 10. The van der Waals surface area contributed by atoms with Crippen LogP contribution in [0.4, 0.5) is 0 Å². The number of carbonyl (C=O) groups is 1. The minimum atomic E-state index is -1.16. The zero-order valence-electron chi connectivity index (χ0n) is 21.3. The molecule has 1 aliphatic rings. The summed E-state index contributed by atoms with van der Waals surface area (Å²) in [7, 11) is 1.32. The molecule has 3 aromatic carbocycles. The van der Waals surface area contributed by atoms with Crippen molar-refractivity contribution in [2.45, 2.75) is 45.8 Å². The molecular formula is C28H30O10. The molecule has 10 nitrogen and oxygen atoms in total. The van der Waals surface area contributed by atoms with Crippen LogP contribution in [0.3, 0.4) is 0 Å². The van der Waals surface area contributed by atoms with Gasteiger partial charge in [0.15, 0.2) is 17.3 Å². The van der Waals surface area contributed by atoms with Crippen molar-refractivity contribution in [3.8, 4) is 46.0 Å². The van der Waals surface area contributed by atoms with Crippen LogP contribution in [0.2, 0.25) is 0 Å². The van der Waals surface area contributed by atoms with E-state index in [0.717, 1.165) is 6.07 Å². The molecule has 4 rings (SSSR count). The predicted octanol–water partition coefficient (Wildman–Crippen LogP) is 3.70. The molecule has 2 unspecified atom stereocenters. The van der Waals surface area contributed by atoms with Crippen LogP contribution in [0.15, 0.2) is 24.3 Å². The predicted molar refractivity (Wildman–Crippen MR) is 136 cm³/mol. The number of aliphatic hydroxyl groups is 1. The Balaban J connectivity index is 1.88. The summed E-state index contributed by atoms with van der Waals surface area (Å²) in [5, 5.41) is 73.7. The largest absolute Gasteiger partial charge is 0.507 e. The molecule has 3 aromatic rings. The first-order valence-electron chi connectivity index (χ1n) is 12.0. The maximum Gasteiger partial charge on any atom is 0.172 e. The van der Waals surface area contributed by atoms with Gasteiger partial charge >= 0.3 is 0 Å². The first-order valence-corrected chi connectivity index (χ1v) is 12.0. The summed E-state index contributed by atoms with van der Waals surface area (Å²) in [5.74, 6) is -3.24. The number of fused-ring (bicyclic) bond motifs is 1. The summed E-state index contributed by atoms with van der Waals surface area (Å²) >= 11 is 0. The fraction of sp³-hybridized carbons (Fsp3) is 0.321. The van der Waals surface area contributed by atoms with Crippen LogP contribution in [-0.4, -0.2) is 54.7 Å². The third-order valence-corrected chi connectivity index (χ3v) is 6.84. The molecule has 38 heavy (non-hydrogen) atoms. The number of methoxy groups -OCH3 is 1. The van der Waals surface area contributed by atoms with Gasteiger partial charge in [0.1, 0.15) is 46.2 Å². The van der Waals surface area contributed by atoms with E-state index in [1.165, 1.54) is 32.2 Å². The lowest BCUT2D eigenvalue weighted by atomic mass is 9.88. The maximum atomic E-state index is 13.0. The summed E-state index contributed by atoms with van der Waals surface area (Å²) in [5.41, 5.74) is 0.633. The molecule has 0 radical (unpaired) electrons. The van der Waals surface area contributed by atoms with E-state index in [4.69, 9.17) is 9.47 Å². The summed E-state index contributed by atoms with van der Waals surface area (Å²) < 4.78 is 11.4. The average Bonchev–Trinajstić information content (AvgIpc) is 2.86. The highest BCUT2D eigenvalue weighted by Gasteiger charge is 2.36. The van der Waals surface area contributed by atoms with E-state index in [9.17, 15) is 40.5 Å². The zero-order chi connectivity index (χ0) is 28.0. The van der Waals surface area contributed by atoms with Crippen molar-refractivity contribution in [2.24, 2.45) is 5.92 Å². The second kappa shape index (κ2) is 9.86. The second-order valence-electron chi connectivity index (χ2n) is 9.66. The van der Waals surface area contributed by atoms with Crippen LogP contribution >= 0.6 is 0 Å². The Hall–Kier alpha value is -4.31. The molecule has 0 aliphatic carbocycles. The van der Waals surface area contributed by atoms with Crippen LogP contribution in [0, 0.1) is 12.8 Å². The number of ether oxygens (including phenoxy) is 2. The van der Waals surface area contributed by atoms with Crippen molar-refractivity contribution < 1.29 is 50.0 Å². The number of rotatable bonds is 6. The fourth-order valence-electron chi connectivity index (χ4n) is 4.77. The van der Waals surface area contributed by atoms with Gasteiger partial charge in [-0.1, -0.05) is 19.9 Å². The Kier molecular flexibility index (Phi) is 6.94. The van der Waals surface area contributed by atoms with Gasteiger partial charge in [-0.2, -0.15) is 0 Å². The first-order chi connectivity index (χ1) is 17.9. The number of aliphatic hydroxyl groups excluding tert-OH is 1. The number of ketones is 1. The van der Waals surface area contributed by atoms with Gasteiger partial charge < -0.3 is 45.2 Å². The number of phenolic OH excluding ortho intramolecular Hbond substituents is 6. The smallest absolute Gasteiger partial charge is 0.172 e. The van der Waals surface area contributed by atoms with E-state index in [2.05, 4.69) is 0 Å². The van der Waals surface area contributed by atoms with Gasteiger partial charge in [0, 0.05) is 47.1 Å². The second-order valence-corrected chi connectivity index (χ2v) is 9.66. The van der Waals surface area contributed by atoms with Crippen LogP contribution < -0.4 is 9.47 Å².